The van der Waals surface area contributed by atoms with Gasteiger partial charge in [0.15, 0.2) is 6.10 Å². The van der Waals surface area contributed by atoms with Crippen molar-refractivity contribution in [3.8, 4) is 5.75 Å². The second-order valence-corrected chi connectivity index (χ2v) is 4.97. The van der Waals surface area contributed by atoms with Crippen LogP contribution < -0.4 is 10.1 Å². The van der Waals surface area contributed by atoms with E-state index in [4.69, 9.17) is 4.74 Å². The SMILES string of the molecule is CC(Oc1ccccc1)C(=O)NCC(O)c1c(F)cccc1F. The van der Waals surface area contributed by atoms with Gasteiger partial charge in [-0.3, -0.25) is 4.79 Å². The van der Waals surface area contributed by atoms with Gasteiger partial charge in [-0.1, -0.05) is 24.3 Å². The molecule has 23 heavy (non-hydrogen) atoms. The van der Waals surface area contributed by atoms with Gasteiger partial charge in [0.05, 0.1) is 5.56 Å². The topological polar surface area (TPSA) is 58.6 Å². The molecule has 2 aromatic rings. The van der Waals surface area contributed by atoms with Crippen LogP contribution in [0.2, 0.25) is 0 Å². The van der Waals surface area contributed by atoms with Gasteiger partial charge < -0.3 is 15.2 Å². The highest BCUT2D eigenvalue weighted by Gasteiger charge is 2.20. The second kappa shape index (κ2) is 7.69. The molecule has 0 aliphatic carbocycles. The van der Waals surface area contributed by atoms with Crippen molar-refractivity contribution in [2.45, 2.75) is 19.1 Å². The number of rotatable bonds is 6. The van der Waals surface area contributed by atoms with Crippen molar-refractivity contribution in [1.82, 2.24) is 5.32 Å². The maximum absolute atomic E-state index is 13.5. The number of hydrogen-bond acceptors (Lipinski definition) is 3. The Morgan fingerprint density at radius 2 is 1.74 bits per heavy atom. The van der Waals surface area contributed by atoms with E-state index in [0.29, 0.717) is 5.75 Å². The molecule has 0 fully saturated rings. The number of carbonyl (C=O) groups is 1. The molecule has 0 aliphatic rings. The van der Waals surface area contributed by atoms with Crippen molar-refractivity contribution < 1.29 is 23.4 Å². The molecule has 0 spiro atoms. The number of para-hydroxylation sites is 1. The van der Waals surface area contributed by atoms with Crippen molar-refractivity contribution in [2.75, 3.05) is 6.54 Å². The van der Waals surface area contributed by atoms with E-state index < -0.39 is 35.3 Å². The average molecular weight is 321 g/mol. The number of amides is 1. The first kappa shape index (κ1) is 16.9. The molecule has 4 nitrogen and oxygen atoms in total. The normalized spacial score (nSPS) is 13.2. The standard InChI is InChI=1S/C17H17F2NO3/c1-11(23-12-6-3-2-4-7-12)17(22)20-10-15(21)16-13(18)8-5-9-14(16)19/h2-9,11,15,21H,10H2,1H3,(H,20,22). The Hall–Kier alpha value is -2.47. The number of aliphatic hydroxyl groups excluding tert-OH is 1. The Kier molecular flexibility index (Phi) is 5.65. The van der Waals surface area contributed by atoms with Gasteiger partial charge in [0.2, 0.25) is 0 Å². The smallest absolute Gasteiger partial charge is 0.260 e. The second-order valence-electron chi connectivity index (χ2n) is 4.97. The summed E-state index contributed by atoms with van der Waals surface area (Å²) in [5, 5.41) is 12.3. The highest BCUT2D eigenvalue weighted by atomic mass is 19.1. The molecule has 0 heterocycles. The van der Waals surface area contributed by atoms with Gasteiger partial charge in [0.25, 0.3) is 5.91 Å². The minimum absolute atomic E-state index is 0.320. The number of aliphatic hydroxyl groups is 1. The molecule has 0 bridgehead atoms. The van der Waals surface area contributed by atoms with E-state index in [1.54, 1.807) is 31.2 Å². The van der Waals surface area contributed by atoms with Crippen LogP contribution in [0.3, 0.4) is 0 Å². The molecular weight excluding hydrogens is 304 g/mol. The summed E-state index contributed by atoms with van der Waals surface area (Å²) in [4.78, 5) is 11.9. The highest BCUT2D eigenvalue weighted by Crippen LogP contribution is 2.20. The monoisotopic (exact) mass is 321 g/mol. The van der Waals surface area contributed by atoms with Gasteiger partial charge in [-0.25, -0.2) is 8.78 Å². The molecular formula is C17H17F2NO3. The number of carbonyl (C=O) groups excluding carboxylic acids is 1. The van der Waals surface area contributed by atoms with Crippen molar-refractivity contribution in [3.05, 3.63) is 65.7 Å². The van der Waals surface area contributed by atoms with Crippen molar-refractivity contribution in [1.29, 1.82) is 0 Å². The lowest BCUT2D eigenvalue weighted by molar-refractivity contribution is -0.127. The van der Waals surface area contributed by atoms with E-state index in [0.717, 1.165) is 12.1 Å². The summed E-state index contributed by atoms with van der Waals surface area (Å²) in [6.07, 6.45) is -2.29. The molecule has 0 saturated heterocycles. The van der Waals surface area contributed by atoms with Crippen molar-refractivity contribution >= 4 is 5.91 Å². The molecule has 0 aromatic heterocycles. The van der Waals surface area contributed by atoms with Crippen LogP contribution in [0.5, 0.6) is 5.75 Å². The van der Waals surface area contributed by atoms with Gasteiger partial charge in [-0.05, 0) is 31.2 Å². The fourth-order valence-electron chi connectivity index (χ4n) is 2.03. The summed E-state index contributed by atoms with van der Waals surface area (Å²) >= 11 is 0. The summed E-state index contributed by atoms with van der Waals surface area (Å²) in [5.41, 5.74) is -0.468. The minimum atomic E-state index is -1.48. The lowest BCUT2D eigenvalue weighted by atomic mass is 10.1. The number of ether oxygens (including phenoxy) is 1. The molecule has 2 atom stereocenters. The van der Waals surface area contributed by atoms with Crippen LogP contribution in [0.15, 0.2) is 48.5 Å². The van der Waals surface area contributed by atoms with Crippen LogP contribution in [0, 0.1) is 11.6 Å². The molecule has 0 radical (unpaired) electrons. The number of benzene rings is 2. The van der Waals surface area contributed by atoms with Gasteiger partial charge in [-0.2, -0.15) is 0 Å². The van der Waals surface area contributed by atoms with E-state index in [2.05, 4.69) is 5.32 Å². The predicted octanol–water partition coefficient (Wildman–Crippen LogP) is 2.58. The lowest BCUT2D eigenvalue weighted by Crippen LogP contribution is -2.38. The molecule has 2 rings (SSSR count). The van der Waals surface area contributed by atoms with Crippen LogP contribution in [0.4, 0.5) is 8.78 Å². The molecule has 122 valence electrons. The van der Waals surface area contributed by atoms with Gasteiger partial charge in [0, 0.05) is 6.54 Å². The zero-order valence-corrected chi connectivity index (χ0v) is 12.5. The van der Waals surface area contributed by atoms with Gasteiger partial charge in [-0.15, -0.1) is 0 Å². The van der Waals surface area contributed by atoms with Crippen molar-refractivity contribution in [2.24, 2.45) is 0 Å². The Labute approximate surface area is 132 Å². The molecule has 1 amide bonds. The maximum atomic E-state index is 13.5. The Bertz CT molecular complexity index is 644. The van der Waals surface area contributed by atoms with Crippen LogP contribution in [0.25, 0.3) is 0 Å². The summed E-state index contributed by atoms with van der Waals surface area (Å²) in [7, 11) is 0. The Morgan fingerprint density at radius 1 is 1.13 bits per heavy atom. The first-order valence-electron chi connectivity index (χ1n) is 7.10. The van der Waals surface area contributed by atoms with E-state index in [9.17, 15) is 18.7 Å². The highest BCUT2D eigenvalue weighted by molar-refractivity contribution is 5.80. The van der Waals surface area contributed by atoms with Gasteiger partial charge in [0.1, 0.15) is 23.5 Å². The third kappa shape index (κ3) is 4.50. The van der Waals surface area contributed by atoms with Crippen LogP contribution in [-0.4, -0.2) is 23.7 Å². The molecule has 0 saturated carbocycles. The Balaban J connectivity index is 1.91. The summed E-state index contributed by atoms with van der Waals surface area (Å²) in [5.74, 6) is -1.69. The summed E-state index contributed by atoms with van der Waals surface area (Å²) in [6.45, 7) is 1.22. The van der Waals surface area contributed by atoms with E-state index in [1.807, 2.05) is 6.07 Å². The summed E-state index contributed by atoms with van der Waals surface area (Å²) in [6, 6.07) is 12.1. The fraction of sp³-hybridized carbons (Fsp3) is 0.235. The number of halogens is 2. The largest absolute Gasteiger partial charge is 0.481 e. The maximum Gasteiger partial charge on any atom is 0.260 e. The van der Waals surface area contributed by atoms with Gasteiger partial charge >= 0.3 is 0 Å². The lowest BCUT2D eigenvalue weighted by Gasteiger charge is -2.17. The predicted molar refractivity (Wildman–Crippen MR) is 80.9 cm³/mol. The molecule has 0 aliphatic heterocycles. The van der Waals surface area contributed by atoms with Crippen LogP contribution >= 0.6 is 0 Å². The zero-order valence-electron chi connectivity index (χ0n) is 12.5. The molecule has 2 aromatic carbocycles. The third-order valence-corrected chi connectivity index (χ3v) is 3.23. The fourth-order valence-corrected chi connectivity index (χ4v) is 2.03. The minimum Gasteiger partial charge on any atom is -0.481 e. The van der Waals surface area contributed by atoms with Crippen molar-refractivity contribution in [3.63, 3.8) is 0 Å². The first-order chi connectivity index (χ1) is 11.0. The average Bonchev–Trinajstić information content (AvgIpc) is 2.53. The molecule has 2 N–H and O–H groups in total. The molecule has 6 heteroatoms. The quantitative estimate of drug-likeness (QED) is 0.860. The van der Waals surface area contributed by atoms with Crippen LogP contribution in [0.1, 0.15) is 18.6 Å². The number of nitrogens with one attached hydrogen (secondary N) is 1. The van der Waals surface area contributed by atoms with E-state index >= 15 is 0 Å². The number of hydrogen-bond donors (Lipinski definition) is 2. The summed E-state index contributed by atoms with van der Waals surface area (Å²) < 4.78 is 32.5. The van der Waals surface area contributed by atoms with Crippen LogP contribution in [-0.2, 0) is 4.79 Å². The zero-order chi connectivity index (χ0) is 16.8. The van der Waals surface area contributed by atoms with E-state index in [-0.39, 0.29) is 6.54 Å². The molecule has 2 unspecified atom stereocenters. The Morgan fingerprint density at radius 3 is 2.35 bits per heavy atom. The van der Waals surface area contributed by atoms with E-state index in [1.165, 1.54) is 6.07 Å². The first-order valence-corrected chi connectivity index (χ1v) is 7.10. The third-order valence-electron chi connectivity index (χ3n) is 3.23.